The van der Waals surface area contributed by atoms with Crippen molar-refractivity contribution < 1.29 is 48.4 Å². The highest BCUT2D eigenvalue weighted by atomic mass is 127. The summed E-state index contributed by atoms with van der Waals surface area (Å²) >= 11 is 9.76. The number of likely N-dealkylation sites (N-methyl/N-ethyl adjacent to an activating group) is 1. The van der Waals surface area contributed by atoms with Crippen LogP contribution in [0, 0.1) is 14.3 Å². The molecule has 0 aromatic heterocycles. The van der Waals surface area contributed by atoms with Gasteiger partial charge in [0.05, 0.1) is 11.0 Å². The molecular weight excluding hydrogens is 1210 g/mol. The van der Waals surface area contributed by atoms with Crippen molar-refractivity contribution in [2.75, 3.05) is 19.0 Å². The van der Waals surface area contributed by atoms with Gasteiger partial charge in [0.15, 0.2) is 5.71 Å². The molecule has 2 aliphatic rings. The summed E-state index contributed by atoms with van der Waals surface area (Å²) in [7, 11) is 4.32. The van der Waals surface area contributed by atoms with E-state index in [9.17, 15) is 9.59 Å². The average Bonchev–Trinajstić information content (AvgIpc) is 3.37. The number of benzene rings is 2. The molecule has 11 heteroatoms. The lowest BCUT2D eigenvalue weighted by atomic mass is 9.75. The van der Waals surface area contributed by atoms with E-state index in [0.717, 1.165) is 51.4 Å². The van der Waals surface area contributed by atoms with Gasteiger partial charge in [0.2, 0.25) is 5.69 Å². The number of aliphatic carboxylic acids is 2. The van der Waals surface area contributed by atoms with Gasteiger partial charge in [-0.25, -0.2) is 0 Å². The minimum absolute atomic E-state index is 0. The van der Waals surface area contributed by atoms with Gasteiger partial charge < -0.3 is 39.1 Å². The number of hydrogen-bond acceptors (Lipinski definition) is 3. The number of nitrogens with zero attached hydrogens (tertiary/aromatic N) is 2. The SMILES string of the molecule is CN1\C(=C/C=C/C=C/C=C/C2=[N+](C)c3cc(I)cc(I)c3C2(C)CCCCCC(=O)O)C(C)(CCCCCCC(=O)O)c2c(I)cc(I)cc21.[I-]. The van der Waals surface area contributed by atoms with Crippen molar-refractivity contribution in [1.29, 1.82) is 0 Å². The first kappa shape index (κ1) is 44.9. The summed E-state index contributed by atoms with van der Waals surface area (Å²) in [5.74, 6) is -1.44. The zero-order chi connectivity index (χ0) is 36.6. The molecule has 2 N–H and O–H groups in total. The van der Waals surface area contributed by atoms with Crippen LogP contribution in [0.3, 0.4) is 0 Å². The fraction of sp³-hybridized carbons (Fsp3) is 0.425. The summed E-state index contributed by atoms with van der Waals surface area (Å²) in [6, 6.07) is 9.05. The highest BCUT2D eigenvalue weighted by Crippen LogP contribution is 2.52. The number of allylic oxidation sites excluding steroid dienone is 8. The zero-order valence-electron chi connectivity index (χ0n) is 29.6. The second kappa shape index (κ2) is 20.4. The highest BCUT2D eigenvalue weighted by Gasteiger charge is 2.47. The molecule has 0 fully saturated rings. The molecule has 2 aliphatic heterocycles. The third kappa shape index (κ3) is 11.0. The summed E-state index contributed by atoms with van der Waals surface area (Å²) in [6.07, 6.45) is 23.8. The van der Waals surface area contributed by atoms with Crippen LogP contribution >= 0.6 is 90.4 Å². The molecule has 51 heavy (non-hydrogen) atoms. The van der Waals surface area contributed by atoms with Gasteiger partial charge in [-0.05, 0) is 154 Å². The lowest BCUT2D eigenvalue weighted by Crippen LogP contribution is -3.00. The maximum absolute atomic E-state index is 11.0. The monoisotopic (exact) mass is 1250 g/mol. The second-order valence-corrected chi connectivity index (χ2v) is 18.5. The van der Waals surface area contributed by atoms with Gasteiger partial charge in [-0.3, -0.25) is 9.59 Å². The first-order valence-electron chi connectivity index (χ1n) is 17.2. The number of fused-ring (bicyclic) bond motifs is 2. The molecule has 0 radical (unpaired) electrons. The normalized spacial score (nSPS) is 20.6. The van der Waals surface area contributed by atoms with E-state index in [1.807, 2.05) is 0 Å². The zero-order valence-corrected chi connectivity index (χ0v) is 40.4. The van der Waals surface area contributed by atoms with E-state index in [1.165, 1.54) is 48.2 Å². The molecule has 0 saturated carbocycles. The standard InChI is InChI=1S/C40H46I4N2O4.HI/c1-39(21-15-9-8-13-19-35(47)48)33(45(3)31-25-27(41)23-29(43)37(31)39)17-11-6-5-7-12-18-34-40(2,22-16-10-14-20-36(49)50)38-30(44)24-28(42)26-32(38)46(34)4;/h5-7,11-12,17-18,23-26H,8-10,13-16,19-22H2,1-4H3,(H-,47,48,49,50);1H. The minimum atomic E-state index is -0.723. The third-order valence-corrected chi connectivity index (χ3v) is 13.0. The van der Waals surface area contributed by atoms with Crippen molar-refractivity contribution in [2.24, 2.45) is 0 Å². The quantitative estimate of drug-likeness (QED) is 0.0720. The van der Waals surface area contributed by atoms with Crippen molar-refractivity contribution in [3.8, 4) is 0 Å². The first-order valence-corrected chi connectivity index (χ1v) is 21.5. The van der Waals surface area contributed by atoms with E-state index in [-0.39, 0.29) is 47.6 Å². The van der Waals surface area contributed by atoms with Crippen molar-refractivity contribution in [2.45, 2.75) is 95.3 Å². The van der Waals surface area contributed by atoms with E-state index < -0.39 is 11.9 Å². The third-order valence-electron chi connectivity index (χ3n) is 10.1. The number of carbonyl (C=O) groups is 2. The Balaban J connectivity index is 0.00000702. The minimum Gasteiger partial charge on any atom is -1.00 e. The molecule has 0 saturated heterocycles. The molecule has 0 spiro atoms. The molecule has 6 nitrogen and oxygen atoms in total. The number of carboxylic acid groups (broad SMARTS) is 2. The van der Waals surface area contributed by atoms with E-state index in [2.05, 4.69) is 195 Å². The molecule has 2 aromatic carbocycles. The van der Waals surface area contributed by atoms with Gasteiger partial charge in [0, 0.05) is 68.7 Å². The smallest absolute Gasteiger partial charge is 0.303 e. The Morgan fingerprint density at radius 3 is 1.86 bits per heavy atom. The van der Waals surface area contributed by atoms with Crippen LogP contribution in [0.5, 0.6) is 0 Å². The Morgan fingerprint density at radius 1 is 0.725 bits per heavy atom. The van der Waals surface area contributed by atoms with Crippen LogP contribution in [-0.4, -0.2) is 46.5 Å². The van der Waals surface area contributed by atoms with Crippen molar-refractivity contribution in [3.05, 3.63) is 97.9 Å². The molecule has 0 bridgehead atoms. The van der Waals surface area contributed by atoms with E-state index in [0.29, 0.717) is 6.42 Å². The van der Waals surface area contributed by atoms with Gasteiger partial charge in [-0.2, -0.15) is 4.58 Å². The Morgan fingerprint density at radius 2 is 1.24 bits per heavy atom. The summed E-state index contributed by atoms with van der Waals surface area (Å²) in [5.41, 5.74) is 7.52. The van der Waals surface area contributed by atoms with Crippen LogP contribution in [0.2, 0.25) is 0 Å². The fourth-order valence-electron chi connectivity index (χ4n) is 7.62. The van der Waals surface area contributed by atoms with Crippen LogP contribution in [0.1, 0.15) is 95.6 Å². The average molecular weight is 1250 g/mol. The Hall–Kier alpha value is -0.540. The van der Waals surface area contributed by atoms with Gasteiger partial charge >= 0.3 is 11.9 Å². The number of rotatable bonds is 17. The second-order valence-electron chi connectivity index (χ2n) is 13.7. The number of carboxylic acids is 2. The summed E-state index contributed by atoms with van der Waals surface area (Å²) < 4.78 is 7.33. The van der Waals surface area contributed by atoms with Crippen molar-refractivity contribution in [1.82, 2.24) is 0 Å². The molecule has 2 heterocycles. The predicted octanol–water partition coefficient (Wildman–Crippen LogP) is 8.52. The molecular formula is C40H47I5N2O4. The molecule has 2 atom stereocenters. The van der Waals surface area contributed by atoms with Crippen LogP contribution < -0.4 is 28.9 Å². The van der Waals surface area contributed by atoms with Crippen molar-refractivity contribution in [3.63, 3.8) is 0 Å². The highest BCUT2D eigenvalue weighted by molar-refractivity contribution is 14.1. The van der Waals surface area contributed by atoms with E-state index in [1.54, 1.807) is 0 Å². The first-order chi connectivity index (χ1) is 23.7. The number of anilines is 1. The number of unbranched alkanes of at least 4 members (excludes halogenated alkanes) is 5. The van der Waals surface area contributed by atoms with E-state index >= 15 is 0 Å². The number of halogens is 5. The Labute approximate surface area is 375 Å². The Bertz CT molecular complexity index is 1770. The summed E-state index contributed by atoms with van der Waals surface area (Å²) in [5, 5.41) is 18.1. The van der Waals surface area contributed by atoms with Crippen LogP contribution in [-0.2, 0) is 20.4 Å². The summed E-state index contributed by atoms with van der Waals surface area (Å²) in [6.45, 7) is 4.70. The molecule has 0 aliphatic carbocycles. The molecule has 2 unspecified atom stereocenters. The van der Waals surface area contributed by atoms with Crippen molar-refractivity contribution >= 4 is 119 Å². The maximum atomic E-state index is 11.0. The topological polar surface area (TPSA) is 80.8 Å². The molecule has 2 aromatic rings. The lowest BCUT2D eigenvalue weighted by Gasteiger charge is -2.29. The van der Waals surface area contributed by atoms with Crippen LogP contribution in [0.15, 0.2) is 72.5 Å². The molecule has 4 rings (SSSR count). The predicted molar refractivity (Wildman–Crippen MR) is 239 cm³/mol. The van der Waals surface area contributed by atoms with Crippen LogP contribution in [0.25, 0.3) is 0 Å². The fourth-order valence-corrected chi connectivity index (χ4v) is 12.4. The van der Waals surface area contributed by atoms with Gasteiger partial charge in [-0.15, -0.1) is 0 Å². The maximum Gasteiger partial charge on any atom is 0.303 e. The summed E-state index contributed by atoms with van der Waals surface area (Å²) in [4.78, 5) is 24.3. The van der Waals surface area contributed by atoms with Gasteiger partial charge in [0.1, 0.15) is 7.05 Å². The van der Waals surface area contributed by atoms with Gasteiger partial charge in [0.25, 0.3) is 0 Å². The largest absolute Gasteiger partial charge is 1.00 e. The lowest BCUT2D eigenvalue weighted by molar-refractivity contribution is -0.401. The van der Waals surface area contributed by atoms with Gasteiger partial charge in [-0.1, -0.05) is 62.5 Å². The number of hydrogen-bond donors (Lipinski definition) is 2. The molecule has 0 amide bonds. The van der Waals surface area contributed by atoms with Crippen LogP contribution in [0.4, 0.5) is 11.4 Å². The Kier molecular flexibility index (Phi) is 17.9. The molecule has 276 valence electrons. The van der Waals surface area contributed by atoms with E-state index in [4.69, 9.17) is 10.2 Å².